The Balaban J connectivity index is 0.988. The Kier molecular flexibility index (Phi) is 8.71. The third-order valence-corrected chi connectivity index (χ3v) is 13.2. The van der Waals surface area contributed by atoms with Gasteiger partial charge in [-0.2, -0.15) is 0 Å². The lowest BCUT2D eigenvalue weighted by molar-refractivity contribution is -0.116. The third-order valence-electron chi connectivity index (χ3n) is 13.2. The summed E-state index contributed by atoms with van der Waals surface area (Å²) < 4.78 is 19.2. The Labute approximate surface area is 265 Å². The van der Waals surface area contributed by atoms with Crippen LogP contribution in [0.3, 0.4) is 0 Å². The van der Waals surface area contributed by atoms with Gasteiger partial charge in [0.25, 0.3) is 0 Å². The predicted molar refractivity (Wildman–Crippen MR) is 174 cm³/mol. The van der Waals surface area contributed by atoms with Crippen LogP contribution in [0.25, 0.3) is 0 Å². The van der Waals surface area contributed by atoms with Crippen LogP contribution in [0.15, 0.2) is 53.1 Å². The number of hydrogen-bond donors (Lipinski definition) is 0. The van der Waals surface area contributed by atoms with Crippen LogP contribution in [0.5, 0.6) is 0 Å². The van der Waals surface area contributed by atoms with Crippen molar-refractivity contribution < 1.29 is 19.0 Å². The highest BCUT2D eigenvalue weighted by Gasteiger charge is 2.59. The number of fused-ring (bicyclic) bond motifs is 6. The Morgan fingerprint density at radius 1 is 1.02 bits per heavy atom. The number of rotatable bonds is 8. The molecular formula is C39H55NO4. The quantitative estimate of drug-likeness (QED) is 0.228. The molecule has 1 aromatic rings. The number of benzene rings is 1. The van der Waals surface area contributed by atoms with Crippen molar-refractivity contribution in [3.63, 3.8) is 0 Å². The first-order chi connectivity index (χ1) is 21.3. The van der Waals surface area contributed by atoms with Crippen molar-refractivity contribution in [1.29, 1.82) is 0 Å². The normalized spacial score (nSPS) is 40.3. The first kappa shape index (κ1) is 30.8. The van der Waals surface area contributed by atoms with E-state index in [1.165, 1.54) is 43.2 Å². The number of likely N-dealkylation sites (tertiary alicyclic amines) is 1. The molecule has 1 aromatic carbocycles. The molecule has 5 nitrogen and oxygen atoms in total. The molecule has 240 valence electrons. The molecule has 9 atom stereocenters. The lowest BCUT2D eigenvalue weighted by atomic mass is 9.56. The number of piperidine rings is 1. The van der Waals surface area contributed by atoms with Gasteiger partial charge in [-0.15, -0.1) is 0 Å². The molecular weight excluding hydrogens is 546 g/mol. The summed E-state index contributed by atoms with van der Waals surface area (Å²) in [6.07, 6.45) is 12.5. The lowest BCUT2D eigenvalue weighted by Gasteiger charge is -2.48. The van der Waals surface area contributed by atoms with E-state index in [9.17, 15) is 4.79 Å². The molecule has 5 heteroatoms. The SMILES string of the molecule is CC1=C2C[C@H]3[C@@H](CCC4=CC(=O)CC[C@@]43C)[C@@H]2CC[C@@]2(C1)O[C@@H]1C[C@H](C)CN(CCOCCOCc3ccccc3)C1[C@H]2C. The minimum absolute atomic E-state index is 0.0401. The summed E-state index contributed by atoms with van der Waals surface area (Å²) in [6.45, 7) is 14.6. The maximum Gasteiger partial charge on any atom is 0.155 e. The van der Waals surface area contributed by atoms with Gasteiger partial charge in [-0.1, -0.05) is 67.8 Å². The molecule has 0 aromatic heterocycles. The molecule has 1 unspecified atom stereocenters. The summed E-state index contributed by atoms with van der Waals surface area (Å²) in [5, 5.41) is 0. The summed E-state index contributed by atoms with van der Waals surface area (Å²) in [6, 6.07) is 10.8. The van der Waals surface area contributed by atoms with Crippen LogP contribution >= 0.6 is 0 Å². The van der Waals surface area contributed by atoms with E-state index in [0.29, 0.717) is 61.4 Å². The van der Waals surface area contributed by atoms with E-state index in [0.717, 1.165) is 51.3 Å². The van der Waals surface area contributed by atoms with E-state index in [1.54, 1.807) is 11.1 Å². The van der Waals surface area contributed by atoms with Crippen molar-refractivity contribution in [2.24, 2.45) is 35.0 Å². The number of carbonyl (C=O) groups excluding carboxylic acids is 1. The van der Waals surface area contributed by atoms with Crippen LogP contribution in [0.4, 0.5) is 0 Å². The van der Waals surface area contributed by atoms with E-state index in [1.807, 2.05) is 12.1 Å². The van der Waals surface area contributed by atoms with E-state index < -0.39 is 0 Å². The Morgan fingerprint density at radius 2 is 1.84 bits per heavy atom. The number of carbonyl (C=O) groups is 1. The minimum atomic E-state index is -0.0401. The van der Waals surface area contributed by atoms with Gasteiger partial charge in [-0.3, -0.25) is 9.69 Å². The first-order valence-corrected chi connectivity index (χ1v) is 17.8. The molecule has 2 saturated carbocycles. The van der Waals surface area contributed by atoms with E-state index in [-0.39, 0.29) is 11.0 Å². The summed E-state index contributed by atoms with van der Waals surface area (Å²) >= 11 is 0. The van der Waals surface area contributed by atoms with Crippen molar-refractivity contribution in [1.82, 2.24) is 4.90 Å². The summed E-state index contributed by atoms with van der Waals surface area (Å²) in [5.41, 5.74) is 6.27. The van der Waals surface area contributed by atoms with Gasteiger partial charge in [-0.25, -0.2) is 0 Å². The monoisotopic (exact) mass is 601 g/mol. The van der Waals surface area contributed by atoms with Gasteiger partial charge in [0.15, 0.2) is 5.78 Å². The third kappa shape index (κ3) is 5.58. The number of allylic oxidation sites excluding steroid dienone is 3. The molecule has 4 fully saturated rings. The minimum Gasteiger partial charge on any atom is -0.378 e. The van der Waals surface area contributed by atoms with Crippen molar-refractivity contribution in [3.05, 3.63) is 58.7 Å². The van der Waals surface area contributed by atoms with Gasteiger partial charge < -0.3 is 14.2 Å². The number of ether oxygens (including phenoxy) is 3. The Bertz CT molecular complexity index is 1270. The molecule has 0 radical (unpaired) electrons. The molecule has 0 bridgehead atoms. The number of nitrogens with zero attached hydrogens (tertiary/aromatic N) is 1. The topological polar surface area (TPSA) is 48.0 Å². The smallest absolute Gasteiger partial charge is 0.155 e. The number of ketones is 1. The van der Waals surface area contributed by atoms with Crippen molar-refractivity contribution in [3.8, 4) is 0 Å². The molecule has 2 heterocycles. The average molecular weight is 602 g/mol. The van der Waals surface area contributed by atoms with Gasteiger partial charge in [0.1, 0.15) is 0 Å². The van der Waals surface area contributed by atoms with Gasteiger partial charge in [0, 0.05) is 31.5 Å². The van der Waals surface area contributed by atoms with Crippen molar-refractivity contribution in [2.45, 2.75) is 110 Å². The van der Waals surface area contributed by atoms with Gasteiger partial charge in [0.2, 0.25) is 0 Å². The second kappa shape index (κ2) is 12.4. The van der Waals surface area contributed by atoms with Crippen LogP contribution < -0.4 is 0 Å². The maximum atomic E-state index is 12.3. The standard InChI is InChI=1S/C39H55NO4/c1-26-20-36-37(40(24-26)16-17-42-18-19-43-25-29-8-6-5-7-9-29)28(3)39(44-36)15-13-32-33-11-10-30-21-31(41)12-14-38(30,4)35(33)22-34(32)27(2)23-39/h5-9,21,26,28,32-33,35-37H,10-20,22-25H2,1-4H3/t26-,28+,32-,33-,35-,36+,37?,38-,39-/m0/s1. The summed E-state index contributed by atoms with van der Waals surface area (Å²) in [4.78, 5) is 15.0. The largest absolute Gasteiger partial charge is 0.378 e. The highest BCUT2D eigenvalue weighted by Crippen LogP contribution is 2.64. The Morgan fingerprint density at radius 3 is 2.68 bits per heavy atom. The summed E-state index contributed by atoms with van der Waals surface area (Å²) in [5.74, 6) is 3.71. The average Bonchev–Trinajstić information content (AvgIpc) is 3.47. The lowest BCUT2D eigenvalue weighted by Crippen LogP contribution is -2.52. The molecule has 44 heavy (non-hydrogen) atoms. The molecule has 7 rings (SSSR count). The molecule has 0 N–H and O–H groups in total. The second-order valence-electron chi connectivity index (χ2n) is 15.7. The predicted octanol–water partition coefficient (Wildman–Crippen LogP) is 7.55. The highest BCUT2D eigenvalue weighted by atomic mass is 16.5. The molecule has 2 aliphatic heterocycles. The first-order valence-electron chi connectivity index (χ1n) is 17.8. The fourth-order valence-corrected chi connectivity index (χ4v) is 10.9. The van der Waals surface area contributed by atoms with Crippen molar-refractivity contribution >= 4 is 5.78 Å². The van der Waals surface area contributed by atoms with Crippen LogP contribution in [0, 0.1) is 35.0 Å². The van der Waals surface area contributed by atoms with Gasteiger partial charge >= 0.3 is 0 Å². The Hall–Kier alpha value is -1.79. The van der Waals surface area contributed by atoms with Crippen LogP contribution in [0.1, 0.15) is 91.0 Å². The zero-order valence-electron chi connectivity index (χ0n) is 27.7. The van der Waals surface area contributed by atoms with Gasteiger partial charge in [0.05, 0.1) is 38.1 Å². The fraction of sp³-hybridized carbons (Fsp3) is 0.718. The zero-order chi connectivity index (χ0) is 30.5. The van der Waals surface area contributed by atoms with E-state index >= 15 is 0 Å². The summed E-state index contributed by atoms with van der Waals surface area (Å²) in [7, 11) is 0. The molecule has 1 spiro atoms. The molecule has 0 amide bonds. The molecule has 4 aliphatic carbocycles. The van der Waals surface area contributed by atoms with Gasteiger partial charge in [-0.05, 0) is 99.0 Å². The highest BCUT2D eigenvalue weighted by molar-refractivity contribution is 5.91. The zero-order valence-corrected chi connectivity index (χ0v) is 27.7. The van der Waals surface area contributed by atoms with Crippen molar-refractivity contribution in [2.75, 3.05) is 32.9 Å². The molecule has 6 aliphatic rings. The van der Waals surface area contributed by atoms with Crippen LogP contribution in [-0.2, 0) is 25.6 Å². The second-order valence-corrected chi connectivity index (χ2v) is 15.7. The van der Waals surface area contributed by atoms with Crippen LogP contribution in [0.2, 0.25) is 0 Å². The van der Waals surface area contributed by atoms with Crippen LogP contribution in [-0.4, -0.2) is 61.3 Å². The maximum absolute atomic E-state index is 12.3. The molecule has 2 saturated heterocycles. The van der Waals surface area contributed by atoms with E-state index in [4.69, 9.17) is 14.2 Å². The van der Waals surface area contributed by atoms with E-state index in [2.05, 4.69) is 56.9 Å². The number of hydrogen-bond acceptors (Lipinski definition) is 5. The fourth-order valence-electron chi connectivity index (χ4n) is 10.9.